The highest BCUT2D eigenvalue weighted by Crippen LogP contribution is 2.27. The fourth-order valence-corrected chi connectivity index (χ4v) is 3.34. The molecule has 0 spiro atoms. The van der Waals surface area contributed by atoms with E-state index in [-0.39, 0.29) is 18.1 Å². The van der Waals surface area contributed by atoms with Gasteiger partial charge in [0.2, 0.25) is 0 Å². The number of carbonyl (C=O) groups is 1. The van der Waals surface area contributed by atoms with Crippen molar-refractivity contribution >= 4 is 17.5 Å². The van der Waals surface area contributed by atoms with Gasteiger partial charge in [0.25, 0.3) is 5.91 Å². The molecule has 0 radical (unpaired) electrons. The molecule has 2 heterocycles. The monoisotopic (exact) mass is 381 g/mol. The molecule has 0 saturated carbocycles. The van der Waals surface area contributed by atoms with Crippen LogP contribution in [0.25, 0.3) is 0 Å². The fraction of sp³-hybridized carbons (Fsp3) is 0.238. The average molecular weight is 382 g/mol. The van der Waals surface area contributed by atoms with Gasteiger partial charge in [-0.2, -0.15) is 5.10 Å². The molecule has 0 unspecified atom stereocenters. The minimum Gasteiger partial charge on any atom is -0.365 e. The number of hydrogen-bond acceptors (Lipinski definition) is 3. The molecule has 1 amide bonds. The second kappa shape index (κ2) is 7.55. The third-order valence-corrected chi connectivity index (χ3v) is 5.01. The maximum Gasteiger partial charge on any atom is 0.272 e. The Balaban J connectivity index is 1.46. The molecule has 1 aliphatic heterocycles. The molecule has 138 valence electrons. The van der Waals surface area contributed by atoms with Crippen LogP contribution in [0.15, 0.2) is 60.7 Å². The van der Waals surface area contributed by atoms with E-state index in [0.717, 1.165) is 16.8 Å². The van der Waals surface area contributed by atoms with Crippen molar-refractivity contribution in [2.45, 2.75) is 32.2 Å². The number of carbonyl (C=O) groups excluding carboxylic acids is 1. The second-order valence-corrected chi connectivity index (χ2v) is 7.10. The first-order chi connectivity index (χ1) is 13.1. The molecular weight excluding hydrogens is 362 g/mol. The highest BCUT2D eigenvalue weighted by Gasteiger charge is 2.24. The van der Waals surface area contributed by atoms with Gasteiger partial charge < -0.3 is 10.1 Å². The lowest BCUT2D eigenvalue weighted by atomic mass is 10.1. The third-order valence-electron chi connectivity index (χ3n) is 4.76. The highest BCUT2D eigenvalue weighted by atomic mass is 35.5. The molecule has 1 aliphatic rings. The largest absolute Gasteiger partial charge is 0.365 e. The van der Waals surface area contributed by atoms with Crippen molar-refractivity contribution in [2.75, 3.05) is 0 Å². The van der Waals surface area contributed by atoms with Crippen molar-refractivity contribution in [2.24, 2.45) is 0 Å². The molecule has 5 nitrogen and oxygen atoms in total. The van der Waals surface area contributed by atoms with Crippen molar-refractivity contribution in [3.63, 3.8) is 0 Å². The summed E-state index contributed by atoms with van der Waals surface area (Å²) >= 11 is 5.95. The summed E-state index contributed by atoms with van der Waals surface area (Å²) in [6.07, 6.45) is -0.103. The Morgan fingerprint density at radius 3 is 2.70 bits per heavy atom. The zero-order valence-corrected chi connectivity index (χ0v) is 15.7. The standard InChI is InChI=1S/C21H20ClN3O2/c1-14(15-5-3-2-4-6-15)23-21(26)19-11-18-13-27-20(12-25(18)24-19)16-7-9-17(22)10-8-16/h2-11,14,20H,12-13H2,1H3,(H,23,26)/t14-,20+/m0/s1. The van der Waals surface area contributed by atoms with E-state index in [1.54, 1.807) is 6.07 Å². The summed E-state index contributed by atoms with van der Waals surface area (Å²) in [5.74, 6) is -0.184. The van der Waals surface area contributed by atoms with Crippen LogP contribution in [0, 0.1) is 0 Å². The van der Waals surface area contributed by atoms with Crippen LogP contribution in [0.2, 0.25) is 5.02 Å². The van der Waals surface area contributed by atoms with Crippen LogP contribution in [-0.2, 0) is 17.9 Å². The van der Waals surface area contributed by atoms with Gasteiger partial charge >= 0.3 is 0 Å². The maximum absolute atomic E-state index is 12.6. The number of aromatic nitrogens is 2. The Bertz CT molecular complexity index is 938. The minimum absolute atomic E-state index is 0.0875. The van der Waals surface area contributed by atoms with Crippen LogP contribution < -0.4 is 5.32 Å². The highest BCUT2D eigenvalue weighted by molar-refractivity contribution is 6.30. The normalized spacial score (nSPS) is 17.2. The average Bonchev–Trinajstić information content (AvgIpc) is 3.13. The summed E-state index contributed by atoms with van der Waals surface area (Å²) in [5.41, 5.74) is 3.41. The summed E-state index contributed by atoms with van der Waals surface area (Å²) < 4.78 is 7.79. The van der Waals surface area contributed by atoms with Gasteiger partial charge in [0.15, 0.2) is 5.69 Å². The van der Waals surface area contributed by atoms with E-state index in [4.69, 9.17) is 16.3 Å². The van der Waals surface area contributed by atoms with E-state index in [9.17, 15) is 4.79 Å². The van der Waals surface area contributed by atoms with E-state index < -0.39 is 0 Å². The number of rotatable bonds is 4. The lowest BCUT2D eigenvalue weighted by Gasteiger charge is -2.24. The van der Waals surface area contributed by atoms with Crippen molar-refractivity contribution in [3.05, 3.63) is 88.2 Å². The van der Waals surface area contributed by atoms with Gasteiger partial charge in [0, 0.05) is 5.02 Å². The van der Waals surface area contributed by atoms with E-state index in [2.05, 4.69) is 10.4 Å². The molecule has 27 heavy (non-hydrogen) atoms. The predicted octanol–water partition coefficient (Wildman–Crippen LogP) is 4.30. The molecule has 0 fully saturated rings. The second-order valence-electron chi connectivity index (χ2n) is 6.66. The molecule has 1 N–H and O–H groups in total. The Morgan fingerprint density at radius 1 is 1.22 bits per heavy atom. The van der Waals surface area contributed by atoms with Gasteiger partial charge in [0.05, 0.1) is 24.9 Å². The van der Waals surface area contributed by atoms with E-state index in [1.807, 2.05) is 66.2 Å². The first-order valence-electron chi connectivity index (χ1n) is 8.90. The third kappa shape index (κ3) is 3.89. The van der Waals surface area contributed by atoms with Crippen molar-refractivity contribution in [1.29, 1.82) is 0 Å². The summed E-state index contributed by atoms with van der Waals surface area (Å²) in [6, 6.07) is 19.2. The number of ether oxygens (including phenoxy) is 1. The topological polar surface area (TPSA) is 56.2 Å². The Labute approximate surface area is 162 Å². The smallest absolute Gasteiger partial charge is 0.272 e. The van der Waals surface area contributed by atoms with Gasteiger partial charge in [-0.05, 0) is 36.2 Å². The number of benzene rings is 2. The number of fused-ring (bicyclic) bond motifs is 1. The lowest BCUT2D eigenvalue weighted by Crippen LogP contribution is -2.27. The molecule has 0 bridgehead atoms. The molecule has 3 aromatic rings. The lowest BCUT2D eigenvalue weighted by molar-refractivity contribution is -0.00119. The summed E-state index contributed by atoms with van der Waals surface area (Å²) in [4.78, 5) is 12.6. The van der Waals surface area contributed by atoms with Gasteiger partial charge in [-0.25, -0.2) is 0 Å². The van der Waals surface area contributed by atoms with E-state index in [0.29, 0.717) is 23.9 Å². The Kier molecular flexibility index (Phi) is 4.97. The Morgan fingerprint density at radius 2 is 1.96 bits per heavy atom. The first-order valence-corrected chi connectivity index (χ1v) is 9.27. The molecule has 0 aliphatic carbocycles. The minimum atomic E-state index is -0.184. The molecule has 4 rings (SSSR count). The summed E-state index contributed by atoms with van der Waals surface area (Å²) in [6.45, 7) is 2.95. The maximum atomic E-state index is 12.6. The van der Waals surface area contributed by atoms with Crippen molar-refractivity contribution < 1.29 is 9.53 Å². The molecule has 2 atom stereocenters. The molecule has 1 aromatic heterocycles. The number of halogens is 1. The van der Waals surface area contributed by atoms with Gasteiger partial charge in [-0.1, -0.05) is 54.1 Å². The Hall–Kier alpha value is -2.63. The molecule has 2 aromatic carbocycles. The van der Waals surface area contributed by atoms with E-state index in [1.165, 1.54) is 0 Å². The molecular formula is C21H20ClN3O2. The summed E-state index contributed by atoms with van der Waals surface area (Å²) in [7, 11) is 0. The number of hydrogen-bond donors (Lipinski definition) is 1. The van der Waals surface area contributed by atoms with E-state index >= 15 is 0 Å². The number of nitrogens with zero attached hydrogens (tertiary/aromatic N) is 2. The van der Waals surface area contributed by atoms with Crippen LogP contribution in [0.1, 0.15) is 46.4 Å². The predicted molar refractivity (Wildman–Crippen MR) is 104 cm³/mol. The fourth-order valence-electron chi connectivity index (χ4n) is 3.21. The van der Waals surface area contributed by atoms with Gasteiger partial charge in [-0.3, -0.25) is 9.48 Å². The number of nitrogens with one attached hydrogen (secondary N) is 1. The first kappa shape index (κ1) is 17.8. The van der Waals surface area contributed by atoms with Crippen molar-refractivity contribution in [3.8, 4) is 0 Å². The summed E-state index contributed by atoms with van der Waals surface area (Å²) in [5, 5.41) is 8.18. The van der Waals surface area contributed by atoms with Gasteiger partial charge in [-0.15, -0.1) is 0 Å². The van der Waals surface area contributed by atoms with Crippen LogP contribution in [0.5, 0.6) is 0 Å². The molecule has 6 heteroatoms. The van der Waals surface area contributed by atoms with Gasteiger partial charge in [0.1, 0.15) is 6.10 Å². The van der Waals surface area contributed by atoms with Crippen LogP contribution in [-0.4, -0.2) is 15.7 Å². The zero-order chi connectivity index (χ0) is 18.8. The SMILES string of the molecule is C[C@H](NC(=O)c1cc2n(n1)C[C@H](c1ccc(Cl)cc1)OC2)c1ccccc1. The molecule has 0 saturated heterocycles. The van der Waals surface area contributed by atoms with Crippen LogP contribution >= 0.6 is 11.6 Å². The van der Waals surface area contributed by atoms with Crippen molar-refractivity contribution in [1.82, 2.24) is 15.1 Å². The number of amides is 1. The van der Waals surface area contributed by atoms with Crippen LogP contribution in [0.4, 0.5) is 0 Å². The zero-order valence-electron chi connectivity index (χ0n) is 14.9. The quantitative estimate of drug-likeness (QED) is 0.733. The van der Waals surface area contributed by atoms with Crippen LogP contribution in [0.3, 0.4) is 0 Å².